The Morgan fingerprint density at radius 1 is 1.07 bits per heavy atom. The lowest BCUT2D eigenvalue weighted by Crippen LogP contribution is -2.14. The lowest BCUT2D eigenvalue weighted by molar-refractivity contribution is -0.388. The molecule has 2 aromatic carbocycles. The number of hydrogen-bond acceptors (Lipinski definition) is 5. The van der Waals surface area contributed by atoms with Crippen LogP contribution in [0, 0.1) is 10.1 Å². The monoisotopic (exact) mass is 456 g/mol. The van der Waals surface area contributed by atoms with Gasteiger partial charge in [0.05, 0.1) is 21.1 Å². The van der Waals surface area contributed by atoms with E-state index in [0.29, 0.717) is 23.9 Å². The second-order valence-electron chi connectivity index (χ2n) is 5.35. The van der Waals surface area contributed by atoms with Crippen molar-refractivity contribution < 1.29 is 36.1 Å². The van der Waals surface area contributed by atoms with E-state index in [4.69, 9.17) is 0 Å². The average molecular weight is 456 g/mol. The van der Waals surface area contributed by atoms with Crippen molar-refractivity contribution in [2.24, 2.45) is 0 Å². The Kier molecular flexibility index (Phi) is 7.06. The van der Waals surface area contributed by atoms with Crippen molar-refractivity contribution >= 4 is 40.8 Å². The Balaban J connectivity index is 2.06. The molecule has 0 unspecified atom stereocenters. The minimum absolute atomic E-state index is 0.0757. The second-order valence-corrected chi connectivity index (χ2v) is 7.51. The van der Waals surface area contributed by atoms with E-state index in [9.17, 15) is 41.3 Å². The van der Waals surface area contributed by atoms with Gasteiger partial charge in [-0.05, 0) is 42.1 Å². The number of nitrogens with one attached hydrogen (secondary N) is 1. The first-order valence-electron chi connectivity index (χ1n) is 7.49. The van der Waals surface area contributed by atoms with Gasteiger partial charge < -0.3 is 5.32 Å². The van der Waals surface area contributed by atoms with Crippen LogP contribution in [0.25, 0.3) is 0 Å². The number of alkyl halides is 6. The van der Waals surface area contributed by atoms with Gasteiger partial charge in [0.1, 0.15) is 0 Å². The van der Waals surface area contributed by atoms with Gasteiger partial charge in [-0.3, -0.25) is 14.9 Å². The summed E-state index contributed by atoms with van der Waals surface area (Å²) in [5.41, 5.74) is -6.43. The molecule has 0 radical (unpaired) electrons. The summed E-state index contributed by atoms with van der Waals surface area (Å²) >= 11 is 0.267. The topological polar surface area (TPSA) is 72.2 Å². The molecule has 13 heteroatoms. The molecule has 0 aliphatic rings. The third-order valence-corrected chi connectivity index (χ3v) is 4.98. The van der Waals surface area contributed by atoms with Crippen LogP contribution < -0.4 is 5.32 Å². The van der Waals surface area contributed by atoms with Gasteiger partial charge in [0.15, 0.2) is 0 Å². The van der Waals surface area contributed by atoms with Crippen LogP contribution in [0.3, 0.4) is 0 Å². The molecule has 0 aliphatic carbocycles. The van der Waals surface area contributed by atoms with Crippen molar-refractivity contribution in [1.82, 2.24) is 0 Å². The molecule has 0 aliphatic heterocycles. The molecule has 1 amide bonds. The Hall–Kier alpha value is -2.41. The van der Waals surface area contributed by atoms with Gasteiger partial charge >= 0.3 is 11.7 Å². The maximum Gasteiger partial charge on any atom is 0.446 e. The lowest BCUT2D eigenvalue weighted by atomic mass is 10.2. The number of hydrogen-bond donors (Lipinski definition) is 1. The van der Waals surface area contributed by atoms with Gasteiger partial charge in [0, 0.05) is 16.6 Å². The quantitative estimate of drug-likeness (QED) is 0.252. The highest BCUT2D eigenvalue weighted by Gasteiger charge is 2.33. The standard InChI is InChI=1S/C16H10F6N2O3S2/c17-15(18,19)9-4-5-13(12(6-9)24(26)27)28-8-14(25)23-10-2-1-3-11(7-10)29-16(20,21)22/h1-7H,8H2,(H,23,25). The largest absolute Gasteiger partial charge is 0.446 e. The molecular weight excluding hydrogens is 446 g/mol. The number of halogens is 6. The summed E-state index contributed by atoms with van der Waals surface area (Å²) in [6, 6.07) is 6.87. The third-order valence-electron chi connectivity index (χ3n) is 3.19. The summed E-state index contributed by atoms with van der Waals surface area (Å²) in [5, 5.41) is 13.4. The van der Waals surface area contributed by atoms with Gasteiger partial charge in [-0.1, -0.05) is 6.07 Å². The van der Waals surface area contributed by atoms with E-state index in [1.807, 2.05) is 0 Å². The SMILES string of the molecule is O=C(CSc1ccc(C(F)(F)F)cc1[N+](=O)[O-])Nc1cccc(SC(F)(F)F)c1. The minimum atomic E-state index is -4.76. The van der Waals surface area contributed by atoms with Crippen LogP contribution in [0.5, 0.6) is 0 Å². The molecule has 156 valence electrons. The Morgan fingerprint density at radius 2 is 1.76 bits per heavy atom. The fourth-order valence-electron chi connectivity index (χ4n) is 2.07. The number of carbonyl (C=O) groups is 1. The number of benzene rings is 2. The highest BCUT2D eigenvalue weighted by molar-refractivity contribution is 8.00. The summed E-state index contributed by atoms with van der Waals surface area (Å²) in [6.45, 7) is 0. The number of nitro benzene ring substituents is 1. The molecule has 0 spiro atoms. The fourth-order valence-corrected chi connectivity index (χ4v) is 3.47. The molecule has 0 atom stereocenters. The number of rotatable bonds is 6. The Labute approximate surface area is 168 Å². The normalized spacial score (nSPS) is 11.9. The first-order valence-corrected chi connectivity index (χ1v) is 9.29. The predicted molar refractivity (Wildman–Crippen MR) is 95.8 cm³/mol. The van der Waals surface area contributed by atoms with Gasteiger partial charge in [0.25, 0.3) is 5.69 Å². The fraction of sp³-hybridized carbons (Fsp3) is 0.188. The van der Waals surface area contributed by atoms with Crippen LogP contribution in [0.1, 0.15) is 5.56 Å². The van der Waals surface area contributed by atoms with E-state index < -0.39 is 39.5 Å². The first kappa shape index (κ1) is 22.9. The molecular formula is C16H10F6N2O3S2. The molecule has 0 saturated carbocycles. The molecule has 0 heterocycles. The van der Waals surface area contributed by atoms with E-state index in [0.717, 1.165) is 12.1 Å². The highest BCUT2D eigenvalue weighted by Crippen LogP contribution is 2.38. The summed E-state index contributed by atoms with van der Waals surface area (Å²) in [6.07, 6.45) is -4.76. The zero-order chi connectivity index (χ0) is 21.8. The highest BCUT2D eigenvalue weighted by atomic mass is 32.2. The first-order chi connectivity index (χ1) is 13.3. The van der Waals surface area contributed by atoms with Crippen molar-refractivity contribution in [3.8, 4) is 0 Å². The average Bonchev–Trinajstić information content (AvgIpc) is 2.57. The van der Waals surface area contributed by atoms with Crippen molar-refractivity contribution in [3.05, 3.63) is 58.1 Å². The molecule has 0 saturated heterocycles. The Bertz CT molecular complexity index is 918. The number of carbonyl (C=O) groups excluding carboxylic acids is 1. The van der Waals surface area contributed by atoms with E-state index in [2.05, 4.69) is 5.32 Å². The maximum atomic E-state index is 12.7. The molecule has 2 rings (SSSR count). The van der Waals surface area contributed by atoms with Crippen molar-refractivity contribution in [2.45, 2.75) is 21.5 Å². The van der Waals surface area contributed by atoms with Crippen molar-refractivity contribution in [2.75, 3.05) is 11.1 Å². The predicted octanol–water partition coefficient (Wildman–Crippen LogP) is 5.96. The van der Waals surface area contributed by atoms with Crippen molar-refractivity contribution in [3.63, 3.8) is 0 Å². The molecule has 0 bridgehead atoms. The minimum Gasteiger partial charge on any atom is -0.325 e. The number of thioether (sulfide) groups is 2. The van der Waals surface area contributed by atoms with Crippen LogP contribution in [0.2, 0.25) is 0 Å². The van der Waals surface area contributed by atoms with Gasteiger partial charge in [-0.25, -0.2) is 0 Å². The van der Waals surface area contributed by atoms with Crippen LogP contribution in [-0.4, -0.2) is 22.1 Å². The number of nitrogens with zero attached hydrogens (tertiary/aromatic N) is 1. The molecule has 2 aromatic rings. The summed E-state index contributed by atoms with van der Waals surface area (Å²) < 4.78 is 75.3. The number of anilines is 1. The molecule has 0 aromatic heterocycles. The number of amides is 1. The van der Waals surface area contributed by atoms with E-state index >= 15 is 0 Å². The van der Waals surface area contributed by atoms with Crippen LogP contribution >= 0.6 is 23.5 Å². The maximum absolute atomic E-state index is 12.7. The van der Waals surface area contributed by atoms with Crippen LogP contribution in [-0.2, 0) is 11.0 Å². The molecule has 0 fully saturated rings. The van der Waals surface area contributed by atoms with Gasteiger partial charge in [-0.2, -0.15) is 26.3 Å². The van der Waals surface area contributed by atoms with Crippen LogP contribution in [0.4, 0.5) is 37.7 Å². The zero-order valence-electron chi connectivity index (χ0n) is 14.0. The van der Waals surface area contributed by atoms with Crippen molar-refractivity contribution in [1.29, 1.82) is 0 Å². The number of nitro groups is 1. The van der Waals surface area contributed by atoms with E-state index in [1.54, 1.807) is 0 Å². The third kappa shape index (κ3) is 7.16. The van der Waals surface area contributed by atoms with E-state index in [1.165, 1.54) is 18.2 Å². The molecule has 5 nitrogen and oxygen atoms in total. The Morgan fingerprint density at radius 3 is 2.34 bits per heavy atom. The summed E-state index contributed by atoms with van der Waals surface area (Å²) in [4.78, 5) is 21.7. The zero-order valence-corrected chi connectivity index (χ0v) is 15.6. The summed E-state index contributed by atoms with van der Waals surface area (Å²) in [7, 11) is 0. The molecule has 29 heavy (non-hydrogen) atoms. The molecule has 1 N–H and O–H groups in total. The second kappa shape index (κ2) is 8.95. The summed E-state index contributed by atoms with van der Waals surface area (Å²) in [5.74, 6) is -1.10. The van der Waals surface area contributed by atoms with Gasteiger partial charge in [-0.15, -0.1) is 11.8 Å². The van der Waals surface area contributed by atoms with E-state index in [-0.39, 0.29) is 27.2 Å². The lowest BCUT2D eigenvalue weighted by Gasteiger charge is -2.10. The smallest absolute Gasteiger partial charge is 0.325 e. The van der Waals surface area contributed by atoms with Gasteiger partial charge in [0.2, 0.25) is 5.91 Å². The van der Waals surface area contributed by atoms with Crippen LogP contribution in [0.15, 0.2) is 52.3 Å².